The Morgan fingerprint density at radius 2 is 1.79 bits per heavy atom. The first kappa shape index (κ1) is 21.9. The van der Waals surface area contributed by atoms with Gasteiger partial charge in [0.2, 0.25) is 0 Å². The molecule has 2 nitrogen and oxygen atoms in total. The molecule has 0 bridgehead atoms. The quantitative estimate of drug-likeness (QED) is 0.365. The third-order valence-corrected chi connectivity index (χ3v) is 8.06. The molecule has 0 spiro atoms. The average Bonchev–Trinajstić information content (AvgIpc) is 2.93. The van der Waals surface area contributed by atoms with E-state index >= 15 is 0 Å². The molecule has 1 aliphatic carbocycles. The van der Waals surface area contributed by atoms with Crippen LogP contribution in [0.15, 0.2) is 48.0 Å². The first-order valence-electron chi connectivity index (χ1n) is 9.97. The minimum atomic E-state index is -3.19. The van der Waals surface area contributed by atoms with Crippen LogP contribution in [-0.4, -0.2) is 14.1 Å². The van der Waals surface area contributed by atoms with Crippen molar-refractivity contribution < 1.29 is 14.7 Å². The first-order chi connectivity index (χ1) is 13.2. The van der Waals surface area contributed by atoms with E-state index < -0.39 is 14.7 Å². The van der Waals surface area contributed by atoms with Gasteiger partial charge in [0.25, 0.3) is 0 Å². The first-order valence-corrected chi connectivity index (χ1v) is 16.3. The van der Waals surface area contributed by atoms with Crippen molar-refractivity contribution in [3.63, 3.8) is 0 Å². The molecule has 0 saturated carbocycles. The van der Waals surface area contributed by atoms with E-state index in [1.54, 1.807) is 0 Å². The third-order valence-electron chi connectivity index (χ3n) is 5.63. The molecule has 2 N–H and O–H groups in total. The van der Waals surface area contributed by atoms with Crippen molar-refractivity contribution in [3.8, 4) is 0 Å². The van der Waals surface area contributed by atoms with E-state index in [0.717, 1.165) is 12.8 Å². The zero-order chi connectivity index (χ0) is 20.3. The van der Waals surface area contributed by atoms with Crippen LogP contribution in [0.1, 0.15) is 54.4 Å². The summed E-state index contributed by atoms with van der Waals surface area (Å²) in [7, 11) is 16.7. The van der Waals surface area contributed by atoms with Gasteiger partial charge in [0.05, 0.1) is 0 Å². The molecular weight excluding hydrogens is 423 g/mol. The van der Waals surface area contributed by atoms with E-state index in [4.69, 9.17) is 22.8 Å². The van der Waals surface area contributed by atoms with E-state index in [-0.39, 0.29) is 0 Å². The normalized spacial score (nSPS) is 16.1. The molecule has 0 amide bonds. The number of fused-ring (bicyclic) bond motifs is 1. The molecule has 0 fully saturated rings. The van der Waals surface area contributed by atoms with Gasteiger partial charge in [-0.15, -0.1) is 0 Å². The van der Waals surface area contributed by atoms with Crippen LogP contribution < -0.4 is 9.12 Å². The minimum absolute atomic E-state index is 0.573. The second kappa shape index (κ2) is 9.37. The summed E-state index contributed by atoms with van der Waals surface area (Å²) in [5.74, 6) is 0.573. The molecule has 5 heteroatoms. The molecular formula is C23H30Cl2N2Ti. The van der Waals surface area contributed by atoms with E-state index in [2.05, 4.69) is 60.4 Å². The molecule has 1 unspecified atom stereocenters. The number of halogens is 2. The second-order valence-corrected chi connectivity index (χ2v) is 17.4. The number of aryl methyl sites for hydroxylation is 1. The number of allylic oxidation sites excluding steroid dienone is 1. The third kappa shape index (κ3) is 5.65. The Balaban J connectivity index is 1.62. The Hall–Kier alpha value is -0.766. The molecule has 1 aliphatic rings. The maximum absolute atomic E-state index is 6.29. The molecule has 1 atom stereocenters. The SMILES string of the molecule is CC1=Cc2ccccc2C1CCCCc1ccc(N(C)C)cc1[CH2][Ti]([NH2])([Cl])[Cl]. The fourth-order valence-corrected chi connectivity index (χ4v) is 6.64. The topological polar surface area (TPSA) is 29.3 Å². The zero-order valence-electron chi connectivity index (χ0n) is 17.0. The van der Waals surface area contributed by atoms with Crippen molar-refractivity contribution in [1.82, 2.24) is 0 Å². The average molecular weight is 453 g/mol. The molecule has 0 saturated heterocycles. The molecule has 0 aliphatic heterocycles. The van der Waals surface area contributed by atoms with Crippen LogP contribution in [0.3, 0.4) is 0 Å². The number of nitrogens with zero attached hydrogens (tertiary/aromatic N) is 1. The molecule has 3 rings (SSSR count). The Kier molecular flexibility index (Phi) is 7.34. The molecule has 28 heavy (non-hydrogen) atoms. The summed E-state index contributed by atoms with van der Waals surface area (Å²) in [5, 5.41) is 0. The van der Waals surface area contributed by atoms with Crippen LogP contribution in [-0.2, 0) is 25.9 Å². The predicted octanol–water partition coefficient (Wildman–Crippen LogP) is 6.50. The number of benzene rings is 2. The Morgan fingerprint density at radius 3 is 2.50 bits per heavy atom. The summed E-state index contributed by atoms with van der Waals surface area (Å²) in [6.07, 6.45) is 6.96. The number of nitrogens with two attached hydrogens (primary N) is 1. The van der Waals surface area contributed by atoms with Gasteiger partial charge >= 0.3 is 182 Å². The van der Waals surface area contributed by atoms with Gasteiger partial charge < -0.3 is 0 Å². The second-order valence-electron chi connectivity index (χ2n) is 8.10. The van der Waals surface area contributed by atoms with Gasteiger partial charge in [0, 0.05) is 0 Å². The summed E-state index contributed by atoms with van der Waals surface area (Å²) < 4.78 is 6.70. The van der Waals surface area contributed by atoms with E-state index in [0.29, 0.717) is 10.6 Å². The monoisotopic (exact) mass is 452 g/mol. The molecule has 0 radical (unpaired) electrons. The van der Waals surface area contributed by atoms with Gasteiger partial charge in [0.1, 0.15) is 0 Å². The van der Waals surface area contributed by atoms with Gasteiger partial charge in [-0.25, -0.2) is 0 Å². The van der Waals surface area contributed by atoms with Crippen molar-refractivity contribution in [2.45, 2.75) is 43.3 Å². The molecule has 150 valence electrons. The van der Waals surface area contributed by atoms with E-state index in [1.165, 1.54) is 46.4 Å². The van der Waals surface area contributed by atoms with E-state index in [9.17, 15) is 0 Å². The summed E-state index contributed by atoms with van der Waals surface area (Å²) in [5.41, 5.74) is 8.10. The van der Waals surface area contributed by atoms with Gasteiger partial charge in [-0.1, -0.05) is 0 Å². The zero-order valence-corrected chi connectivity index (χ0v) is 20.1. The number of hydrogen-bond acceptors (Lipinski definition) is 2. The van der Waals surface area contributed by atoms with Crippen molar-refractivity contribution in [3.05, 3.63) is 70.3 Å². The maximum atomic E-state index is 6.29. The van der Waals surface area contributed by atoms with Crippen LogP contribution in [0.5, 0.6) is 0 Å². The van der Waals surface area contributed by atoms with Gasteiger partial charge in [0.15, 0.2) is 0 Å². The van der Waals surface area contributed by atoms with Gasteiger partial charge in [-0.3, -0.25) is 0 Å². The summed E-state index contributed by atoms with van der Waals surface area (Å²) in [4.78, 5) is 2.10. The Bertz CT molecular complexity index is 856. The Labute approximate surface area is 181 Å². The van der Waals surface area contributed by atoms with Gasteiger partial charge in [-0.05, 0) is 0 Å². The number of rotatable bonds is 8. The molecule has 0 heterocycles. The fraction of sp³-hybridized carbons (Fsp3) is 0.391. The van der Waals surface area contributed by atoms with Crippen LogP contribution >= 0.6 is 18.6 Å². The fourth-order valence-electron chi connectivity index (χ4n) is 4.15. The molecule has 2 aromatic rings. The van der Waals surface area contributed by atoms with Crippen molar-refractivity contribution in [1.29, 1.82) is 0 Å². The summed E-state index contributed by atoms with van der Waals surface area (Å²) in [6.45, 7) is 2.26. The molecule has 0 aromatic heterocycles. The summed E-state index contributed by atoms with van der Waals surface area (Å²) in [6, 6.07) is 15.4. The van der Waals surface area contributed by atoms with Crippen LogP contribution in [0.25, 0.3) is 6.08 Å². The van der Waals surface area contributed by atoms with Crippen molar-refractivity contribution in [2.24, 2.45) is 4.22 Å². The predicted molar refractivity (Wildman–Crippen MR) is 121 cm³/mol. The van der Waals surface area contributed by atoms with Crippen LogP contribution in [0.4, 0.5) is 5.69 Å². The van der Waals surface area contributed by atoms with Crippen molar-refractivity contribution >= 4 is 30.4 Å². The van der Waals surface area contributed by atoms with Crippen molar-refractivity contribution in [2.75, 3.05) is 19.0 Å². The summed E-state index contributed by atoms with van der Waals surface area (Å²) >= 11 is -3.19. The van der Waals surface area contributed by atoms with Gasteiger partial charge in [-0.2, -0.15) is 0 Å². The Morgan fingerprint density at radius 1 is 1.04 bits per heavy atom. The standard InChI is InChI=1S/C23H28N.2ClH.H2N.Ti/c1-17-16-21(24(3)4)14-13-19(17)9-5-7-11-22-18(2)15-20-10-6-8-12-23(20)22;;;;/h6,8,10,12-16,22H,1,5,7,9,11H2,2-4H3;2*1H;1H2;/q;;;-1;+3/p-2. The molecule has 2 aromatic carbocycles. The number of unbranched alkanes of at least 4 members (excludes halogenated alkanes) is 1. The number of hydrogen-bond donors (Lipinski definition) is 1. The number of anilines is 1. The van der Waals surface area contributed by atoms with E-state index in [1.807, 2.05) is 14.1 Å². The van der Waals surface area contributed by atoms with Crippen LogP contribution in [0, 0.1) is 0 Å². The van der Waals surface area contributed by atoms with Crippen LogP contribution in [0.2, 0.25) is 0 Å².